The van der Waals surface area contributed by atoms with Crippen LogP contribution >= 0.6 is 31.9 Å². The molecule has 1 N–H and O–H groups in total. The molecule has 0 aliphatic heterocycles. The van der Waals surface area contributed by atoms with Gasteiger partial charge in [-0.15, -0.1) is 4.68 Å². The van der Waals surface area contributed by atoms with Gasteiger partial charge in [-0.05, 0) is 37.3 Å². The summed E-state index contributed by atoms with van der Waals surface area (Å²) in [5.41, 5.74) is -0.320. The normalized spacial score (nSPS) is 11.2. The van der Waals surface area contributed by atoms with E-state index in [1.807, 2.05) is 18.2 Å². The van der Waals surface area contributed by atoms with Gasteiger partial charge in [0.25, 0.3) is 5.56 Å². The first kappa shape index (κ1) is 25.3. The molecule has 12 heteroatoms. The molecule has 4 aromatic rings. The summed E-state index contributed by atoms with van der Waals surface area (Å²) in [6.07, 6.45) is 1.18. The van der Waals surface area contributed by atoms with Gasteiger partial charge in [0.1, 0.15) is 6.61 Å². The molecule has 0 spiro atoms. The third-order valence-corrected chi connectivity index (χ3v) is 6.28. The molecule has 0 unspecified atom stereocenters. The van der Waals surface area contributed by atoms with E-state index in [9.17, 15) is 19.7 Å². The number of nitrogens with one attached hydrogen (secondary N) is 1. The predicted molar refractivity (Wildman–Crippen MR) is 142 cm³/mol. The SMILES string of the molecule is CCOc1cc(C=Nn2c(=O)[nH]c3ccccc3c2=O)cc([N+](=O)[O-])c1OCc1ccc(Br)cc1Br. The topological polar surface area (TPSA) is 129 Å². The molecule has 4 rings (SSSR count). The minimum atomic E-state index is -0.741. The molecule has 1 heterocycles. The quantitative estimate of drug-likeness (QED) is 0.169. The van der Waals surface area contributed by atoms with Gasteiger partial charge in [0.2, 0.25) is 5.75 Å². The fourth-order valence-corrected chi connectivity index (χ4v) is 4.56. The molecule has 0 amide bonds. The first-order chi connectivity index (χ1) is 17.3. The zero-order valence-corrected chi connectivity index (χ0v) is 21.9. The Bertz CT molecular complexity index is 1610. The molecular formula is C24H18Br2N4O6. The number of H-pyrrole nitrogens is 1. The van der Waals surface area contributed by atoms with E-state index < -0.39 is 16.2 Å². The largest absolute Gasteiger partial charge is 0.490 e. The molecule has 10 nitrogen and oxygen atoms in total. The lowest BCUT2D eigenvalue weighted by molar-refractivity contribution is -0.386. The molecule has 0 saturated heterocycles. The molecule has 36 heavy (non-hydrogen) atoms. The van der Waals surface area contributed by atoms with E-state index in [1.165, 1.54) is 18.3 Å². The average molecular weight is 618 g/mol. The number of rotatable bonds is 8. The number of nitro benzene ring substituents is 1. The van der Waals surface area contributed by atoms with Crippen LogP contribution in [0.15, 0.2) is 78.2 Å². The highest BCUT2D eigenvalue weighted by molar-refractivity contribution is 9.11. The van der Waals surface area contributed by atoms with Crippen LogP contribution < -0.4 is 20.7 Å². The lowest BCUT2D eigenvalue weighted by atomic mass is 10.1. The van der Waals surface area contributed by atoms with Crippen LogP contribution in [0.5, 0.6) is 11.5 Å². The van der Waals surface area contributed by atoms with Crippen LogP contribution in [0.1, 0.15) is 18.1 Å². The van der Waals surface area contributed by atoms with E-state index in [0.29, 0.717) is 10.2 Å². The van der Waals surface area contributed by atoms with E-state index in [1.54, 1.807) is 31.2 Å². The Hall–Kier alpha value is -3.77. The highest BCUT2D eigenvalue weighted by Gasteiger charge is 2.23. The van der Waals surface area contributed by atoms with E-state index >= 15 is 0 Å². The molecule has 0 bridgehead atoms. The minimum absolute atomic E-state index is 0.0457. The Labute approximate surface area is 220 Å². The number of hydrogen-bond donors (Lipinski definition) is 1. The first-order valence-corrected chi connectivity index (χ1v) is 12.2. The lowest BCUT2D eigenvalue weighted by Gasteiger charge is -2.14. The maximum atomic E-state index is 12.7. The van der Waals surface area contributed by atoms with Crippen molar-refractivity contribution in [2.24, 2.45) is 5.10 Å². The Morgan fingerprint density at radius 3 is 2.61 bits per heavy atom. The van der Waals surface area contributed by atoms with Crippen molar-refractivity contribution in [3.05, 3.63) is 106 Å². The van der Waals surface area contributed by atoms with Crippen molar-refractivity contribution in [2.45, 2.75) is 13.5 Å². The summed E-state index contributed by atoms with van der Waals surface area (Å²) in [6, 6.07) is 14.7. The highest BCUT2D eigenvalue weighted by Crippen LogP contribution is 2.39. The van der Waals surface area contributed by atoms with Gasteiger partial charge in [0, 0.05) is 26.1 Å². The van der Waals surface area contributed by atoms with Gasteiger partial charge in [0.15, 0.2) is 5.75 Å². The third kappa shape index (κ3) is 5.39. The summed E-state index contributed by atoms with van der Waals surface area (Å²) in [5, 5.41) is 16.1. The van der Waals surface area contributed by atoms with Gasteiger partial charge in [-0.25, -0.2) is 4.79 Å². The second kappa shape index (κ2) is 10.9. The van der Waals surface area contributed by atoms with Crippen molar-refractivity contribution in [1.29, 1.82) is 0 Å². The third-order valence-electron chi connectivity index (χ3n) is 5.05. The number of aromatic amines is 1. The van der Waals surface area contributed by atoms with E-state index in [4.69, 9.17) is 9.47 Å². The Morgan fingerprint density at radius 2 is 1.89 bits per heavy atom. The fraction of sp³-hybridized carbons (Fsp3) is 0.125. The minimum Gasteiger partial charge on any atom is -0.490 e. The number of ether oxygens (including phenoxy) is 2. The van der Waals surface area contributed by atoms with E-state index in [-0.39, 0.29) is 41.3 Å². The molecule has 0 fully saturated rings. The first-order valence-electron chi connectivity index (χ1n) is 10.6. The zero-order chi connectivity index (χ0) is 25.8. The second-order valence-corrected chi connectivity index (χ2v) is 9.19. The van der Waals surface area contributed by atoms with Crippen molar-refractivity contribution < 1.29 is 14.4 Å². The second-order valence-electron chi connectivity index (χ2n) is 7.42. The zero-order valence-electron chi connectivity index (χ0n) is 18.7. The number of nitro groups is 1. The van der Waals surface area contributed by atoms with E-state index in [0.717, 1.165) is 14.5 Å². The molecule has 3 aromatic carbocycles. The molecule has 0 radical (unpaired) electrons. The van der Waals surface area contributed by atoms with E-state index in [2.05, 4.69) is 41.9 Å². The number of halogens is 2. The van der Waals surface area contributed by atoms with Crippen molar-refractivity contribution in [3.8, 4) is 11.5 Å². The van der Waals surface area contributed by atoms with Gasteiger partial charge in [0.05, 0.1) is 28.6 Å². The Balaban J connectivity index is 1.73. The maximum absolute atomic E-state index is 12.7. The van der Waals surface area contributed by atoms with Gasteiger partial charge in [-0.1, -0.05) is 50.1 Å². The standard InChI is InChI=1S/C24H18Br2N4O6/c1-2-35-21-10-14(12-27-29-23(31)17-5-3-4-6-19(17)28-24(29)32)9-20(30(33)34)22(21)36-13-15-7-8-16(25)11-18(15)26/h3-12H,2,13H2,1H3,(H,28,32). The fourth-order valence-electron chi connectivity index (χ4n) is 3.40. The number of para-hydroxylation sites is 1. The summed E-state index contributed by atoms with van der Waals surface area (Å²) in [5.74, 6) is 0.0793. The molecule has 0 saturated carbocycles. The van der Waals surface area contributed by atoms with Gasteiger partial charge in [-0.3, -0.25) is 14.9 Å². The van der Waals surface area contributed by atoms with Crippen LogP contribution in [0.3, 0.4) is 0 Å². The van der Waals surface area contributed by atoms with Crippen LogP contribution in [0, 0.1) is 10.1 Å². The molecule has 1 aromatic heterocycles. The van der Waals surface area contributed by atoms with Crippen molar-refractivity contribution in [3.63, 3.8) is 0 Å². The number of fused-ring (bicyclic) bond motifs is 1. The Morgan fingerprint density at radius 1 is 1.11 bits per heavy atom. The summed E-state index contributed by atoms with van der Waals surface area (Å²) in [7, 11) is 0. The molecule has 184 valence electrons. The monoisotopic (exact) mass is 616 g/mol. The molecule has 0 atom stereocenters. The summed E-state index contributed by atoms with van der Waals surface area (Å²) in [6.45, 7) is 2.00. The van der Waals surface area contributed by atoms with Crippen LogP contribution in [-0.2, 0) is 6.61 Å². The number of nitrogens with zero attached hydrogens (tertiary/aromatic N) is 3. The van der Waals surface area contributed by atoms with Crippen LogP contribution in [0.25, 0.3) is 10.9 Å². The summed E-state index contributed by atoms with van der Waals surface area (Å²) >= 11 is 6.83. The number of benzene rings is 3. The highest BCUT2D eigenvalue weighted by atomic mass is 79.9. The smallest absolute Gasteiger partial charge is 0.349 e. The molecule has 0 aliphatic rings. The Kier molecular flexibility index (Phi) is 7.65. The average Bonchev–Trinajstić information content (AvgIpc) is 2.84. The van der Waals surface area contributed by atoms with Gasteiger partial charge < -0.3 is 14.5 Å². The predicted octanol–water partition coefficient (Wildman–Crippen LogP) is 4.98. The van der Waals surface area contributed by atoms with Gasteiger partial charge in [-0.2, -0.15) is 5.10 Å². The summed E-state index contributed by atoms with van der Waals surface area (Å²) < 4.78 is 13.7. The number of hydrogen-bond acceptors (Lipinski definition) is 7. The van der Waals surface area contributed by atoms with Crippen LogP contribution in [0.4, 0.5) is 5.69 Å². The van der Waals surface area contributed by atoms with Crippen molar-refractivity contribution in [2.75, 3.05) is 6.61 Å². The van der Waals surface area contributed by atoms with Crippen LogP contribution in [0.2, 0.25) is 0 Å². The molecular weight excluding hydrogens is 600 g/mol. The molecule has 0 aliphatic carbocycles. The van der Waals surface area contributed by atoms with Crippen molar-refractivity contribution in [1.82, 2.24) is 9.66 Å². The van der Waals surface area contributed by atoms with Crippen LogP contribution in [-0.4, -0.2) is 27.4 Å². The van der Waals surface area contributed by atoms with Gasteiger partial charge >= 0.3 is 11.4 Å². The summed E-state index contributed by atoms with van der Waals surface area (Å²) in [4.78, 5) is 38.9. The lowest BCUT2D eigenvalue weighted by Crippen LogP contribution is -2.32. The van der Waals surface area contributed by atoms with Crippen molar-refractivity contribution >= 4 is 54.7 Å². The number of aromatic nitrogens is 2. The maximum Gasteiger partial charge on any atom is 0.349 e.